The number of piperazine rings is 1. The molecule has 0 aromatic heterocycles. The van der Waals surface area contributed by atoms with Crippen LogP contribution in [-0.2, 0) is 11.2 Å². The van der Waals surface area contributed by atoms with Gasteiger partial charge in [-0.15, -0.1) is 12.4 Å². The molecule has 20 heavy (non-hydrogen) atoms. The second-order valence-electron chi connectivity index (χ2n) is 4.85. The van der Waals surface area contributed by atoms with E-state index in [4.69, 9.17) is 0 Å². The minimum Gasteiger partial charge on any atom is -0.337 e. The molecular formula is C14H19ClF2N2O. The maximum Gasteiger partial charge on any atom is 0.223 e. The molecule has 1 aliphatic rings. The van der Waals surface area contributed by atoms with Crippen molar-refractivity contribution in [3.63, 3.8) is 0 Å². The summed E-state index contributed by atoms with van der Waals surface area (Å²) in [5, 5.41) is 3.21. The van der Waals surface area contributed by atoms with Gasteiger partial charge in [-0.1, -0.05) is 12.1 Å². The van der Waals surface area contributed by atoms with Gasteiger partial charge in [0.05, 0.1) is 0 Å². The molecule has 1 saturated heterocycles. The number of amides is 1. The Hall–Kier alpha value is -1.20. The van der Waals surface area contributed by atoms with Gasteiger partial charge in [0.25, 0.3) is 0 Å². The first-order valence-corrected chi connectivity index (χ1v) is 6.52. The second kappa shape index (κ2) is 7.55. The third-order valence-electron chi connectivity index (χ3n) is 3.46. The topological polar surface area (TPSA) is 32.3 Å². The van der Waals surface area contributed by atoms with Gasteiger partial charge in [0.2, 0.25) is 5.91 Å². The fraction of sp³-hybridized carbons (Fsp3) is 0.500. The quantitative estimate of drug-likeness (QED) is 0.928. The van der Waals surface area contributed by atoms with Crippen molar-refractivity contribution in [1.29, 1.82) is 0 Å². The molecule has 1 aliphatic heterocycles. The standard InChI is InChI=1S/C14H18F2N2O.ClH/c1-10-9-17-7-8-18(10)13(19)6-5-11-3-2-4-12(15)14(11)16;/h2-4,10,17H,5-9H2,1H3;1H/t10-;/m0./s1. The monoisotopic (exact) mass is 304 g/mol. The number of benzene rings is 1. The van der Waals surface area contributed by atoms with Crippen LogP contribution in [0.4, 0.5) is 8.78 Å². The molecule has 0 aliphatic carbocycles. The summed E-state index contributed by atoms with van der Waals surface area (Å²) in [5.41, 5.74) is 0.260. The van der Waals surface area contributed by atoms with Crippen LogP contribution in [0, 0.1) is 11.6 Å². The van der Waals surface area contributed by atoms with Crippen molar-refractivity contribution in [2.75, 3.05) is 19.6 Å². The van der Waals surface area contributed by atoms with E-state index < -0.39 is 11.6 Å². The number of rotatable bonds is 3. The summed E-state index contributed by atoms with van der Waals surface area (Å²) >= 11 is 0. The Bertz CT molecular complexity index is 470. The van der Waals surface area contributed by atoms with Crippen molar-refractivity contribution >= 4 is 18.3 Å². The lowest BCUT2D eigenvalue weighted by atomic mass is 10.1. The Labute approximate surface area is 123 Å². The summed E-state index contributed by atoms with van der Waals surface area (Å²) in [6.45, 7) is 4.21. The molecule has 0 radical (unpaired) electrons. The van der Waals surface area contributed by atoms with E-state index in [0.29, 0.717) is 6.54 Å². The van der Waals surface area contributed by atoms with Crippen LogP contribution in [0.5, 0.6) is 0 Å². The summed E-state index contributed by atoms with van der Waals surface area (Å²) in [6, 6.07) is 4.22. The maximum atomic E-state index is 13.5. The first kappa shape index (κ1) is 16.9. The molecule has 0 spiro atoms. The summed E-state index contributed by atoms with van der Waals surface area (Å²) in [5.74, 6) is -1.71. The molecule has 0 unspecified atom stereocenters. The highest BCUT2D eigenvalue weighted by molar-refractivity contribution is 5.85. The molecule has 1 heterocycles. The van der Waals surface area contributed by atoms with E-state index in [1.807, 2.05) is 6.92 Å². The smallest absolute Gasteiger partial charge is 0.223 e. The van der Waals surface area contributed by atoms with Gasteiger partial charge < -0.3 is 10.2 Å². The number of nitrogens with zero attached hydrogens (tertiary/aromatic N) is 1. The average molecular weight is 305 g/mol. The zero-order valence-corrected chi connectivity index (χ0v) is 12.2. The van der Waals surface area contributed by atoms with Crippen LogP contribution in [0.25, 0.3) is 0 Å². The number of carbonyl (C=O) groups is 1. The molecule has 1 aromatic rings. The molecule has 0 saturated carbocycles. The number of hydrogen-bond acceptors (Lipinski definition) is 2. The number of hydrogen-bond donors (Lipinski definition) is 1. The lowest BCUT2D eigenvalue weighted by Crippen LogP contribution is -2.52. The molecular weight excluding hydrogens is 286 g/mol. The highest BCUT2D eigenvalue weighted by atomic mass is 35.5. The summed E-state index contributed by atoms with van der Waals surface area (Å²) in [7, 11) is 0. The predicted molar refractivity (Wildman–Crippen MR) is 76.0 cm³/mol. The van der Waals surface area contributed by atoms with Crippen LogP contribution < -0.4 is 5.32 Å². The van der Waals surface area contributed by atoms with E-state index in [1.54, 1.807) is 4.90 Å². The first-order chi connectivity index (χ1) is 9.09. The minimum absolute atomic E-state index is 0. The third-order valence-corrected chi connectivity index (χ3v) is 3.46. The van der Waals surface area contributed by atoms with Crippen molar-refractivity contribution in [3.05, 3.63) is 35.4 Å². The van der Waals surface area contributed by atoms with Crippen LogP contribution in [0.1, 0.15) is 18.9 Å². The van der Waals surface area contributed by atoms with E-state index in [0.717, 1.165) is 19.2 Å². The lowest BCUT2D eigenvalue weighted by molar-refractivity contribution is -0.133. The SMILES string of the molecule is C[C@H]1CNCCN1C(=O)CCc1cccc(F)c1F.Cl. The van der Waals surface area contributed by atoms with Gasteiger partial charge in [0.1, 0.15) is 0 Å². The van der Waals surface area contributed by atoms with E-state index in [9.17, 15) is 13.6 Å². The zero-order chi connectivity index (χ0) is 13.8. The fourth-order valence-electron chi connectivity index (χ4n) is 2.34. The van der Waals surface area contributed by atoms with Crippen LogP contribution in [0.2, 0.25) is 0 Å². The largest absolute Gasteiger partial charge is 0.337 e. The van der Waals surface area contributed by atoms with Gasteiger partial charge in [-0.05, 0) is 25.0 Å². The maximum absolute atomic E-state index is 13.5. The van der Waals surface area contributed by atoms with Gasteiger partial charge >= 0.3 is 0 Å². The summed E-state index contributed by atoms with van der Waals surface area (Å²) < 4.78 is 26.5. The number of aryl methyl sites for hydroxylation is 1. The lowest BCUT2D eigenvalue weighted by Gasteiger charge is -2.34. The Balaban J connectivity index is 0.00000200. The molecule has 0 bridgehead atoms. The van der Waals surface area contributed by atoms with Gasteiger partial charge in [-0.25, -0.2) is 8.78 Å². The molecule has 3 nitrogen and oxygen atoms in total. The predicted octanol–water partition coefficient (Wildman–Crippen LogP) is 2.14. The van der Waals surface area contributed by atoms with Crippen molar-refractivity contribution < 1.29 is 13.6 Å². The number of carbonyl (C=O) groups excluding carboxylic acids is 1. The van der Waals surface area contributed by atoms with Crippen LogP contribution in [-0.4, -0.2) is 36.5 Å². The van der Waals surface area contributed by atoms with Crippen LogP contribution in [0.15, 0.2) is 18.2 Å². The van der Waals surface area contributed by atoms with Gasteiger partial charge in [0.15, 0.2) is 11.6 Å². The molecule has 112 valence electrons. The zero-order valence-electron chi connectivity index (χ0n) is 11.4. The molecule has 1 atom stereocenters. The van der Waals surface area contributed by atoms with E-state index in [1.165, 1.54) is 12.1 Å². The summed E-state index contributed by atoms with van der Waals surface area (Å²) in [6.07, 6.45) is 0.448. The molecule has 1 N–H and O–H groups in total. The summed E-state index contributed by atoms with van der Waals surface area (Å²) in [4.78, 5) is 13.9. The number of nitrogens with one attached hydrogen (secondary N) is 1. The Morgan fingerprint density at radius 1 is 1.45 bits per heavy atom. The van der Waals surface area contributed by atoms with E-state index in [-0.39, 0.29) is 42.8 Å². The van der Waals surface area contributed by atoms with Crippen molar-refractivity contribution in [1.82, 2.24) is 10.2 Å². The van der Waals surface area contributed by atoms with Crippen molar-refractivity contribution in [2.24, 2.45) is 0 Å². The first-order valence-electron chi connectivity index (χ1n) is 6.52. The van der Waals surface area contributed by atoms with E-state index in [2.05, 4.69) is 5.32 Å². The molecule has 1 aromatic carbocycles. The minimum atomic E-state index is -0.861. The van der Waals surface area contributed by atoms with Crippen molar-refractivity contribution in [3.8, 4) is 0 Å². The normalized spacial score (nSPS) is 18.6. The molecule has 6 heteroatoms. The molecule has 2 rings (SSSR count). The Kier molecular flexibility index (Phi) is 6.36. The Morgan fingerprint density at radius 2 is 2.20 bits per heavy atom. The third kappa shape index (κ3) is 3.90. The average Bonchev–Trinajstić information content (AvgIpc) is 2.40. The number of halogens is 3. The van der Waals surface area contributed by atoms with Crippen molar-refractivity contribution in [2.45, 2.75) is 25.8 Å². The highest BCUT2D eigenvalue weighted by Crippen LogP contribution is 2.14. The fourth-order valence-corrected chi connectivity index (χ4v) is 2.34. The van der Waals surface area contributed by atoms with Gasteiger partial charge in [-0.3, -0.25) is 4.79 Å². The Morgan fingerprint density at radius 3 is 2.90 bits per heavy atom. The highest BCUT2D eigenvalue weighted by Gasteiger charge is 2.22. The van der Waals surface area contributed by atoms with Gasteiger partial charge in [-0.2, -0.15) is 0 Å². The van der Waals surface area contributed by atoms with Crippen LogP contribution in [0.3, 0.4) is 0 Å². The van der Waals surface area contributed by atoms with Gasteiger partial charge in [0, 0.05) is 32.1 Å². The molecule has 1 fully saturated rings. The van der Waals surface area contributed by atoms with Crippen LogP contribution >= 0.6 is 12.4 Å². The molecule has 1 amide bonds. The van der Waals surface area contributed by atoms with E-state index >= 15 is 0 Å². The second-order valence-corrected chi connectivity index (χ2v) is 4.85.